The minimum atomic E-state index is -0.388. The number of rotatable bonds is 3. The Morgan fingerprint density at radius 1 is 1.15 bits per heavy atom. The Hall–Kier alpha value is -2.43. The smallest absolute Gasteiger partial charge is 0.295 e. The molecule has 0 spiro atoms. The predicted octanol–water partition coefficient (Wildman–Crippen LogP) is 3.62. The van der Waals surface area contributed by atoms with Gasteiger partial charge in [-0.05, 0) is 38.0 Å². The molecule has 0 aliphatic rings. The summed E-state index contributed by atoms with van der Waals surface area (Å²) in [4.78, 5) is 15.2. The van der Waals surface area contributed by atoms with Crippen LogP contribution in [0, 0.1) is 30.9 Å². The molecule has 20 heavy (non-hydrogen) atoms. The predicted molar refractivity (Wildman–Crippen MR) is 80.1 cm³/mol. The molecular formula is C15H17N3O2. The first kappa shape index (κ1) is 14.0. The number of nitrogens with one attached hydrogen (secondary N) is 1. The number of pyridine rings is 1. The van der Waals surface area contributed by atoms with Crippen LogP contribution in [0.3, 0.4) is 0 Å². The standard InChI is InChI=1S/C15H17N3O2/c1-9-7-10(2)14(11(3)8-9)15-12(18(19)20)5-6-13(16-4)17-15/h5-8H,1-4H3,(H,16,17). The van der Waals surface area contributed by atoms with Crippen molar-refractivity contribution in [2.45, 2.75) is 20.8 Å². The second-order valence-electron chi connectivity index (χ2n) is 4.85. The number of nitro groups is 1. The van der Waals surface area contributed by atoms with Crippen molar-refractivity contribution >= 4 is 11.5 Å². The Morgan fingerprint density at radius 2 is 1.75 bits per heavy atom. The minimum Gasteiger partial charge on any atom is -0.373 e. The van der Waals surface area contributed by atoms with Crippen LogP contribution in [-0.4, -0.2) is 17.0 Å². The SMILES string of the molecule is CNc1ccc([N+](=O)[O-])c(-c2c(C)cc(C)cc2C)n1. The van der Waals surface area contributed by atoms with Gasteiger partial charge in [-0.1, -0.05) is 17.7 Å². The van der Waals surface area contributed by atoms with E-state index in [1.54, 1.807) is 13.1 Å². The Labute approximate surface area is 117 Å². The number of hydrogen-bond acceptors (Lipinski definition) is 4. The lowest BCUT2D eigenvalue weighted by atomic mass is 9.96. The van der Waals surface area contributed by atoms with Crippen molar-refractivity contribution in [3.8, 4) is 11.3 Å². The molecule has 2 aromatic rings. The summed E-state index contributed by atoms with van der Waals surface area (Å²) in [6.07, 6.45) is 0. The third-order valence-electron chi connectivity index (χ3n) is 3.24. The fourth-order valence-electron chi connectivity index (χ4n) is 2.48. The third kappa shape index (κ3) is 2.47. The summed E-state index contributed by atoms with van der Waals surface area (Å²) in [6.45, 7) is 5.91. The van der Waals surface area contributed by atoms with Gasteiger partial charge in [-0.15, -0.1) is 0 Å². The highest BCUT2D eigenvalue weighted by molar-refractivity contribution is 5.76. The van der Waals surface area contributed by atoms with Gasteiger partial charge in [0.05, 0.1) is 4.92 Å². The van der Waals surface area contributed by atoms with E-state index in [1.807, 2.05) is 32.9 Å². The quantitative estimate of drug-likeness (QED) is 0.683. The summed E-state index contributed by atoms with van der Waals surface area (Å²) < 4.78 is 0. The summed E-state index contributed by atoms with van der Waals surface area (Å²) in [7, 11) is 1.74. The van der Waals surface area contributed by atoms with Gasteiger partial charge in [0, 0.05) is 18.7 Å². The van der Waals surface area contributed by atoms with E-state index in [1.165, 1.54) is 6.07 Å². The average molecular weight is 271 g/mol. The molecule has 0 aliphatic heterocycles. The molecule has 5 heteroatoms. The Kier molecular flexibility index (Phi) is 3.70. The second kappa shape index (κ2) is 5.28. The van der Waals surface area contributed by atoms with Crippen molar-refractivity contribution in [1.82, 2.24) is 4.98 Å². The first-order chi connectivity index (χ1) is 9.43. The third-order valence-corrected chi connectivity index (χ3v) is 3.24. The highest BCUT2D eigenvalue weighted by Crippen LogP contribution is 2.34. The zero-order valence-electron chi connectivity index (χ0n) is 12.0. The van der Waals surface area contributed by atoms with E-state index in [9.17, 15) is 10.1 Å². The summed E-state index contributed by atoms with van der Waals surface area (Å²) >= 11 is 0. The van der Waals surface area contributed by atoms with E-state index in [2.05, 4.69) is 10.3 Å². The molecule has 0 fully saturated rings. The number of hydrogen-bond donors (Lipinski definition) is 1. The molecule has 2 rings (SSSR count). The number of anilines is 1. The number of nitrogens with zero attached hydrogens (tertiary/aromatic N) is 2. The molecule has 0 amide bonds. The fraction of sp³-hybridized carbons (Fsp3) is 0.267. The summed E-state index contributed by atoms with van der Waals surface area (Å²) in [5.41, 5.74) is 4.39. The average Bonchev–Trinajstić information content (AvgIpc) is 2.37. The van der Waals surface area contributed by atoms with Crippen molar-refractivity contribution in [1.29, 1.82) is 0 Å². The fourth-order valence-corrected chi connectivity index (χ4v) is 2.48. The van der Waals surface area contributed by atoms with Crippen LogP contribution in [0.5, 0.6) is 0 Å². The normalized spacial score (nSPS) is 10.4. The molecule has 0 aliphatic carbocycles. The van der Waals surface area contributed by atoms with Gasteiger partial charge in [0.1, 0.15) is 5.82 Å². The molecule has 1 aromatic carbocycles. The Bertz CT molecular complexity index is 658. The van der Waals surface area contributed by atoms with Crippen molar-refractivity contribution < 1.29 is 4.92 Å². The first-order valence-corrected chi connectivity index (χ1v) is 6.35. The van der Waals surface area contributed by atoms with Crippen LogP contribution in [0.4, 0.5) is 11.5 Å². The summed E-state index contributed by atoms with van der Waals surface area (Å²) in [5.74, 6) is 0.616. The largest absolute Gasteiger partial charge is 0.373 e. The molecule has 0 unspecified atom stereocenters. The Balaban J connectivity index is 2.77. The first-order valence-electron chi connectivity index (χ1n) is 6.35. The monoisotopic (exact) mass is 271 g/mol. The topological polar surface area (TPSA) is 68.1 Å². The van der Waals surface area contributed by atoms with Crippen LogP contribution in [0.15, 0.2) is 24.3 Å². The Morgan fingerprint density at radius 3 is 2.25 bits per heavy atom. The van der Waals surface area contributed by atoms with Gasteiger partial charge in [-0.2, -0.15) is 0 Å². The lowest BCUT2D eigenvalue weighted by Crippen LogP contribution is -2.01. The van der Waals surface area contributed by atoms with E-state index < -0.39 is 0 Å². The van der Waals surface area contributed by atoms with E-state index in [4.69, 9.17) is 0 Å². The summed E-state index contributed by atoms with van der Waals surface area (Å²) in [5, 5.41) is 14.1. The van der Waals surface area contributed by atoms with Gasteiger partial charge >= 0.3 is 0 Å². The molecule has 0 atom stereocenters. The number of aromatic nitrogens is 1. The maximum absolute atomic E-state index is 11.2. The molecule has 104 valence electrons. The zero-order chi connectivity index (χ0) is 14.9. The molecule has 0 saturated carbocycles. The van der Waals surface area contributed by atoms with Crippen LogP contribution in [0.1, 0.15) is 16.7 Å². The van der Waals surface area contributed by atoms with Gasteiger partial charge < -0.3 is 5.32 Å². The molecular weight excluding hydrogens is 254 g/mol. The highest BCUT2D eigenvalue weighted by Gasteiger charge is 2.20. The molecule has 1 heterocycles. The molecule has 5 nitrogen and oxygen atoms in total. The van der Waals surface area contributed by atoms with Crippen LogP contribution in [-0.2, 0) is 0 Å². The molecule has 1 N–H and O–H groups in total. The minimum absolute atomic E-state index is 0.0269. The van der Waals surface area contributed by atoms with E-state index in [0.717, 1.165) is 22.3 Å². The highest BCUT2D eigenvalue weighted by atomic mass is 16.6. The second-order valence-corrected chi connectivity index (χ2v) is 4.85. The van der Waals surface area contributed by atoms with Crippen LogP contribution in [0.2, 0.25) is 0 Å². The van der Waals surface area contributed by atoms with Gasteiger partial charge in [0.15, 0.2) is 5.69 Å². The summed E-state index contributed by atoms with van der Waals surface area (Å²) in [6, 6.07) is 7.13. The van der Waals surface area contributed by atoms with Gasteiger partial charge in [0.25, 0.3) is 5.69 Å². The van der Waals surface area contributed by atoms with E-state index in [0.29, 0.717) is 11.5 Å². The van der Waals surface area contributed by atoms with Crippen LogP contribution >= 0.6 is 0 Å². The van der Waals surface area contributed by atoms with E-state index >= 15 is 0 Å². The van der Waals surface area contributed by atoms with Crippen LogP contribution < -0.4 is 5.32 Å². The van der Waals surface area contributed by atoms with Gasteiger partial charge in [-0.3, -0.25) is 10.1 Å². The van der Waals surface area contributed by atoms with E-state index in [-0.39, 0.29) is 10.6 Å². The van der Waals surface area contributed by atoms with Crippen molar-refractivity contribution in [2.75, 3.05) is 12.4 Å². The maximum Gasteiger partial charge on any atom is 0.295 e. The zero-order valence-corrected chi connectivity index (χ0v) is 12.0. The molecule has 0 radical (unpaired) electrons. The molecule has 1 aromatic heterocycles. The number of aryl methyl sites for hydroxylation is 3. The van der Waals surface area contributed by atoms with Crippen molar-refractivity contribution in [3.63, 3.8) is 0 Å². The van der Waals surface area contributed by atoms with Crippen molar-refractivity contribution in [3.05, 3.63) is 51.1 Å². The van der Waals surface area contributed by atoms with Crippen LogP contribution in [0.25, 0.3) is 11.3 Å². The molecule has 0 saturated heterocycles. The van der Waals surface area contributed by atoms with Gasteiger partial charge in [-0.25, -0.2) is 4.98 Å². The van der Waals surface area contributed by atoms with Gasteiger partial charge in [0.2, 0.25) is 0 Å². The lowest BCUT2D eigenvalue weighted by molar-refractivity contribution is -0.384. The maximum atomic E-state index is 11.2. The molecule has 0 bridgehead atoms. The number of benzene rings is 1. The van der Waals surface area contributed by atoms with Crippen molar-refractivity contribution in [2.24, 2.45) is 0 Å². The lowest BCUT2D eigenvalue weighted by Gasteiger charge is -2.12.